The van der Waals surface area contributed by atoms with Gasteiger partial charge >= 0.3 is 5.97 Å². The molecule has 0 aliphatic heterocycles. The number of esters is 1. The van der Waals surface area contributed by atoms with E-state index >= 15 is 0 Å². The Labute approximate surface area is 82.8 Å². The Bertz CT molecular complexity index is 266. The highest BCUT2D eigenvalue weighted by Gasteiger charge is 2.02. The fraction of sp³-hybridized carbons (Fsp3) is 0.300. The van der Waals surface area contributed by atoms with E-state index in [1.807, 2.05) is 0 Å². The minimum Gasteiger partial charge on any atom is -0.508 e. The molecule has 0 saturated heterocycles. The van der Waals surface area contributed by atoms with E-state index in [9.17, 15) is 4.79 Å². The zero-order valence-corrected chi connectivity index (χ0v) is 8.23. The SMILES string of the molecule is CCO.COC(=O)c1ccc(O)cc1. The van der Waals surface area contributed by atoms with Crippen LogP contribution in [0.1, 0.15) is 17.3 Å². The van der Waals surface area contributed by atoms with Gasteiger partial charge in [0, 0.05) is 6.61 Å². The van der Waals surface area contributed by atoms with E-state index in [0.29, 0.717) is 5.56 Å². The highest BCUT2D eigenvalue weighted by molar-refractivity contribution is 5.89. The van der Waals surface area contributed by atoms with Gasteiger partial charge in [-0.25, -0.2) is 4.79 Å². The van der Waals surface area contributed by atoms with Gasteiger partial charge in [-0.05, 0) is 31.2 Å². The first-order chi connectivity index (χ1) is 6.65. The van der Waals surface area contributed by atoms with E-state index in [4.69, 9.17) is 10.2 Å². The summed E-state index contributed by atoms with van der Waals surface area (Å²) in [5.41, 5.74) is 0.435. The summed E-state index contributed by atoms with van der Waals surface area (Å²) in [4.78, 5) is 10.8. The summed E-state index contributed by atoms with van der Waals surface area (Å²) in [6.45, 7) is 1.93. The van der Waals surface area contributed by atoms with Crippen LogP contribution >= 0.6 is 0 Å². The molecule has 1 rings (SSSR count). The van der Waals surface area contributed by atoms with Crippen LogP contribution in [0.4, 0.5) is 0 Å². The first-order valence-corrected chi connectivity index (χ1v) is 4.13. The summed E-state index contributed by atoms with van der Waals surface area (Å²) < 4.78 is 4.46. The molecule has 0 amide bonds. The molecule has 0 spiro atoms. The second-order valence-electron chi connectivity index (χ2n) is 2.35. The Morgan fingerprint density at radius 3 is 2.14 bits per heavy atom. The van der Waals surface area contributed by atoms with Crippen LogP contribution in [0.25, 0.3) is 0 Å². The number of ether oxygens (including phenoxy) is 1. The number of carbonyl (C=O) groups excluding carboxylic acids is 1. The van der Waals surface area contributed by atoms with Gasteiger partial charge in [-0.3, -0.25) is 0 Å². The maximum absolute atomic E-state index is 10.8. The number of hydrogen-bond acceptors (Lipinski definition) is 4. The second-order valence-corrected chi connectivity index (χ2v) is 2.35. The fourth-order valence-corrected chi connectivity index (χ4v) is 0.715. The fourth-order valence-electron chi connectivity index (χ4n) is 0.715. The third-order valence-electron chi connectivity index (χ3n) is 1.29. The summed E-state index contributed by atoms with van der Waals surface area (Å²) in [6, 6.07) is 5.88. The van der Waals surface area contributed by atoms with Crippen molar-refractivity contribution in [3.05, 3.63) is 29.8 Å². The van der Waals surface area contributed by atoms with Gasteiger partial charge in [-0.1, -0.05) is 0 Å². The Morgan fingerprint density at radius 1 is 1.36 bits per heavy atom. The molecule has 1 aromatic rings. The monoisotopic (exact) mass is 198 g/mol. The van der Waals surface area contributed by atoms with Crippen LogP contribution in [-0.2, 0) is 4.74 Å². The molecule has 1 aromatic carbocycles. The summed E-state index contributed by atoms with van der Waals surface area (Å²) >= 11 is 0. The number of phenols is 1. The van der Waals surface area contributed by atoms with E-state index in [0.717, 1.165) is 0 Å². The molecule has 0 saturated carbocycles. The van der Waals surface area contributed by atoms with Gasteiger partial charge < -0.3 is 14.9 Å². The molecular formula is C10H14O4. The van der Waals surface area contributed by atoms with E-state index < -0.39 is 5.97 Å². The molecule has 0 atom stereocenters. The lowest BCUT2D eigenvalue weighted by Crippen LogP contribution is -1.99. The smallest absolute Gasteiger partial charge is 0.337 e. The van der Waals surface area contributed by atoms with Crippen LogP contribution in [0.3, 0.4) is 0 Å². The van der Waals surface area contributed by atoms with Crippen molar-refractivity contribution in [3.63, 3.8) is 0 Å². The Balaban J connectivity index is 0.000000500. The zero-order chi connectivity index (χ0) is 11.0. The van der Waals surface area contributed by atoms with E-state index in [1.54, 1.807) is 6.92 Å². The molecule has 0 aliphatic carbocycles. The van der Waals surface area contributed by atoms with Crippen LogP contribution < -0.4 is 0 Å². The number of rotatable bonds is 1. The average molecular weight is 198 g/mol. The number of carbonyl (C=O) groups is 1. The van der Waals surface area contributed by atoms with Crippen molar-refractivity contribution < 1.29 is 19.7 Å². The largest absolute Gasteiger partial charge is 0.508 e. The van der Waals surface area contributed by atoms with Crippen molar-refractivity contribution in [2.24, 2.45) is 0 Å². The third kappa shape index (κ3) is 4.47. The summed E-state index contributed by atoms with van der Waals surface area (Å²) in [6.07, 6.45) is 0. The van der Waals surface area contributed by atoms with Crippen molar-refractivity contribution in [1.82, 2.24) is 0 Å². The molecule has 2 N–H and O–H groups in total. The van der Waals surface area contributed by atoms with Crippen molar-refractivity contribution in [2.75, 3.05) is 13.7 Å². The highest BCUT2D eigenvalue weighted by Crippen LogP contribution is 2.09. The van der Waals surface area contributed by atoms with E-state index in [1.165, 1.54) is 31.4 Å². The summed E-state index contributed by atoms with van der Waals surface area (Å²) in [5, 5.41) is 16.4. The average Bonchev–Trinajstić information content (AvgIpc) is 2.19. The number of phenolic OH excluding ortho intramolecular Hbond substituents is 1. The first-order valence-electron chi connectivity index (χ1n) is 4.13. The third-order valence-corrected chi connectivity index (χ3v) is 1.29. The van der Waals surface area contributed by atoms with Crippen molar-refractivity contribution in [3.8, 4) is 5.75 Å². The van der Waals surface area contributed by atoms with Crippen molar-refractivity contribution in [1.29, 1.82) is 0 Å². The molecular weight excluding hydrogens is 184 g/mol. The number of hydrogen-bond donors (Lipinski definition) is 2. The predicted molar refractivity (Wildman–Crippen MR) is 52.2 cm³/mol. The first kappa shape index (κ1) is 12.4. The van der Waals surface area contributed by atoms with Crippen molar-refractivity contribution in [2.45, 2.75) is 6.92 Å². The molecule has 0 heterocycles. The van der Waals surface area contributed by atoms with Gasteiger partial charge in [0.2, 0.25) is 0 Å². The van der Waals surface area contributed by atoms with Gasteiger partial charge in [-0.2, -0.15) is 0 Å². The molecule has 0 bridgehead atoms. The van der Waals surface area contributed by atoms with Crippen LogP contribution in [0, 0.1) is 0 Å². The molecule has 14 heavy (non-hydrogen) atoms. The minimum absolute atomic E-state index is 0.137. The van der Waals surface area contributed by atoms with Gasteiger partial charge in [0.15, 0.2) is 0 Å². The predicted octanol–water partition coefficient (Wildman–Crippen LogP) is 1.18. The number of benzene rings is 1. The Morgan fingerprint density at radius 2 is 1.79 bits per heavy atom. The summed E-state index contributed by atoms with van der Waals surface area (Å²) in [7, 11) is 1.31. The second kappa shape index (κ2) is 6.91. The maximum Gasteiger partial charge on any atom is 0.337 e. The van der Waals surface area contributed by atoms with Gasteiger partial charge in [0.05, 0.1) is 12.7 Å². The van der Waals surface area contributed by atoms with Gasteiger partial charge in [-0.15, -0.1) is 0 Å². The quantitative estimate of drug-likeness (QED) is 0.665. The normalized spacial score (nSPS) is 8.50. The highest BCUT2D eigenvalue weighted by atomic mass is 16.5. The standard InChI is InChI=1S/C8H8O3.C2H6O/c1-11-8(10)6-2-4-7(9)5-3-6;1-2-3/h2-5,9H,1H3;3H,2H2,1H3. The van der Waals surface area contributed by atoms with Gasteiger partial charge in [0.1, 0.15) is 5.75 Å². The van der Waals surface area contributed by atoms with Crippen molar-refractivity contribution >= 4 is 5.97 Å². The lowest BCUT2D eigenvalue weighted by molar-refractivity contribution is 0.0600. The Kier molecular flexibility index (Phi) is 6.15. The number of methoxy groups -OCH3 is 1. The van der Waals surface area contributed by atoms with E-state index in [2.05, 4.69) is 4.74 Å². The molecule has 0 aromatic heterocycles. The number of aliphatic hydroxyl groups is 1. The Hall–Kier alpha value is -1.55. The van der Waals surface area contributed by atoms with Crippen LogP contribution in [0.15, 0.2) is 24.3 Å². The van der Waals surface area contributed by atoms with Gasteiger partial charge in [0.25, 0.3) is 0 Å². The van der Waals surface area contributed by atoms with Crippen LogP contribution in [0.2, 0.25) is 0 Å². The number of aromatic hydroxyl groups is 1. The molecule has 4 nitrogen and oxygen atoms in total. The van der Waals surface area contributed by atoms with Crippen LogP contribution in [0.5, 0.6) is 5.75 Å². The zero-order valence-electron chi connectivity index (χ0n) is 8.23. The van der Waals surface area contributed by atoms with E-state index in [-0.39, 0.29) is 12.4 Å². The summed E-state index contributed by atoms with van der Waals surface area (Å²) in [5.74, 6) is -0.261. The molecule has 0 unspecified atom stereocenters. The molecule has 78 valence electrons. The minimum atomic E-state index is -0.398. The molecule has 0 aliphatic rings. The molecule has 0 radical (unpaired) electrons. The number of aliphatic hydroxyl groups excluding tert-OH is 1. The maximum atomic E-state index is 10.8. The topological polar surface area (TPSA) is 66.8 Å². The van der Waals surface area contributed by atoms with Crippen LogP contribution in [-0.4, -0.2) is 29.9 Å². The lowest BCUT2D eigenvalue weighted by atomic mass is 10.2. The molecule has 0 fully saturated rings. The molecule has 4 heteroatoms. The lowest BCUT2D eigenvalue weighted by Gasteiger charge is -1.97.